The fourth-order valence-corrected chi connectivity index (χ4v) is 2.51. The van der Waals surface area contributed by atoms with E-state index in [0.717, 1.165) is 24.2 Å². The van der Waals surface area contributed by atoms with Gasteiger partial charge in [-0.15, -0.1) is 0 Å². The number of amides is 1. The number of pyridine rings is 1. The molecular weight excluding hydrogens is 322 g/mol. The number of hydrogen-bond acceptors (Lipinski definition) is 6. The molecule has 1 aromatic carbocycles. The number of benzene rings is 1. The molecule has 1 amide bonds. The SMILES string of the molecule is COC(=O)c1ccc(Nc2ccc(NC(=O)C3CCCO3)nc2)cc1. The number of carbonyl (C=O) groups excluding carboxylic acids is 2. The molecule has 0 saturated carbocycles. The van der Waals surface area contributed by atoms with Crippen molar-refractivity contribution in [2.75, 3.05) is 24.4 Å². The third-order valence-corrected chi connectivity index (χ3v) is 3.83. The Bertz CT molecular complexity index is 738. The van der Waals surface area contributed by atoms with Crippen molar-refractivity contribution >= 4 is 29.1 Å². The molecule has 7 nitrogen and oxygen atoms in total. The van der Waals surface area contributed by atoms with Gasteiger partial charge in [0.1, 0.15) is 11.9 Å². The minimum absolute atomic E-state index is 0.163. The molecule has 1 saturated heterocycles. The summed E-state index contributed by atoms with van der Waals surface area (Å²) in [6, 6.07) is 10.4. The molecule has 2 N–H and O–H groups in total. The molecule has 1 unspecified atom stereocenters. The van der Waals surface area contributed by atoms with E-state index in [0.29, 0.717) is 18.0 Å². The second-order valence-corrected chi connectivity index (χ2v) is 5.62. The van der Waals surface area contributed by atoms with Gasteiger partial charge in [-0.05, 0) is 49.2 Å². The van der Waals surface area contributed by atoms with Crippen LogP contribution in [0, 0.1) is 0 Å². The van der Waals surface area contributed by atoms with Gasteiger partial charge in [0.2, 0.25) is 0 Å². The van der Waals surface area contributed by atoms with Gasteiger partial charge in [-0.25, -0.2) is 9.78 Å². The molecule has 2 heterocycles. The Morgan fingerprint density at radius 1 is 1.16 bits per heavy atom. The maximum atomic E-state index is 12.0. The standard InChI is InChI=1S/C18H19N3O4/c1-24-18(23)12-4-6-13(7-5-12)20-14-8-9-16(19-11-14)21-17(22)15-3-2-10-25-15/h4-9,11,15,20H,2-3,10H2,1H3,(H,19,21,22). The number of nitrogens with zero attached hydrogens (tertiary/aromatic N) is 1. The van der Waals surface area contributed by atoms with Gasteiger partial charge in [0.05, 0.1) is 24.6 Å². The molecule has 7 heteroatoms. The van der Waals surface area contributed by atoms with E-state index in [1.54, 1.807) is 36.5 Å². The number of methoxy groups -OCH3 is 1. The second-order valence-electron chi connectivity index (χ2n) is 5.62. The van der Waals surface area contributed by atoms with Crippen LogP contribution in [0.5, 0.6) is 0 Å². The normalized spacial score (nSPS) is 16.3. The minimum Gasteiger partial charge on any atom is -0.465 e. The summed E-state index contributed by atoms with van der Waals surface area (Å²) < 4.78 is 10.0. The molecule has 1 aliphatic rings. The topological polar surface area (TPSA) is 89.6 Å². The van der Waals surface area contributed by atoms with Crippen molar-refractivity contribution in [2.24, 2.45) is 0 Å². The van der Waals surface area contributed by atoms with Crippen LogP contribution in [-0.4, -0.2) is 36.7 Å². The lowest BCUT2D eigenvalue weighted by atomic mass is 10.2. The first-order valence-electron chi connectivity index (χ1n) is 7.99. The van der Waals surface area contributed by atoms with E-state index in [1.165, 1.54) is 7.11 Å². The first-order valence-corrected chi connectivity index (χ1v) is 7.99. The average molecular weight is 341 g/mol. The first kappa shape index (κ1) is 16.9. The molecule has 130 valence electrons. The molecule has 1 aromatic heterocycles. The lowest BCUT2D eigenvalue weighted by Gasteiger charge is -2.11. The van der Waals surface area contributed by atoms with Gasteiger partial charge in [-0.2, -0.15) is 0 Å². The van der Waals surface area contributed by atoms with Crippen LogP contribution < -0.4 is 10.6 Å². The highest BCUT2D eigenvalue weighted by Crippen LogP contribution is 2.19. The Hall–Kier alpha value is -2.93. The fourth-order valence-electron chi connectivity index (χ4n) is 2.51. The fraction of sp³-hybridized carbons (Fsp3) is 0.278. The Morgan fingerprint density at radius 3 is 2.52 bits per heavy atom. The van der Waals surface area contributed by atoms with Crippen LogP contribution in [0.15, 0.2) is 42.6 Å². The van der Waals surface area contributed by atoms with E-state index in [1.807, 2.05) is 6.07 Å². The number of rotatable bonds is 5. The van der Waals surface area contributed by atoms with Crippen molar-refractivity contribution in [1.82, 2.24) is 4.98 Å². The van der Waals surface area contributed by atoms with Crippen LogP contribution in [-0.2, 0) is 14.3 Å². The van der Waals surface area contributed by atoms with Crippen LogP contribution in [0.25, 0.3) is 0 Å². The zero-order valence-corrected chi connectivity index (χ0v) is 13.8. The van der Waals surface area contributed by atoms with Crippen molar-refractivity contribution in [2.45, 2.75) is 18.9 Å². The van der Waals surface area contributed by atoms with Gasteiger partial charge >= 0.3 is 5.97 Å². The van der Waals surface area contributed by atoms with E-state index in [-0.39, 0.29) is 18.0 Å². The number of esters is 1. The van der Waals surface area contributed by atoms with Crippen LogP contribution in [0.2, 0.25) is 0 Å². The zero-order chi connectivity index (χ0) is 17.6. The van der Waals surface area contributed by atoms with Crippen molar-refractivity contribution in [1.29, 1.82) is 0 Å². The first-order chi connectivity index (χ1) is 12.2. The molecule has 0 bridgehead atoms. The highest BCUT2D eigenvalue weighted by Gasteiger charge is 2.23. The molecule has 25 heavy (non-hydrogen) atoms. The Labute approximate surface area is 145 Å². The molecule has 0 aliphatic carbocycles. The van der Waals surface area contributed by atoms with Crippen molar-refractivity contribution in [3.8, 4) is 0 Å². The monoisotopic (exact) mass is 341 g/mol. The summed E-state index contributed by atoms with van der Waals surface area (Å²) in [7, 11) is 1.35. The molecule has 1 atom stereocenters. The molecule has 0 radical (unpaired) electrons. The second kappa shape index (κ2) is 7.76. The van der Waals surface area contributed by atoms with E-state index in [2.05, 4.69) is 20.4 Å². The minimum atomic E-state index is -0.382. The largest absolute Gasteiger partial charge is 0.465 e. The number of nitrogens with one attached hydrogen (secondary N) is 2. The quantitative estimate of drug-likeness (QED) is 0.813. The summed E-state index contributed by atoms with van der Waals surface area (Å²) in [5.74, 6) is -0.0595. The summed E-state index contributed by atoms with van der Waals surface area (Å²) in [5.41, 5.74) is 2.06. The van der Waals surface area contributed by atoms with Gasteiger partial charge in [0.25, 0.3) is 5.91 Å². The predicted molar refractivity (Wildman–Crippen MR) is 92.9 cm³/mol. The maximum absolute atomic E-state index is 12.0. The summed E-state index contributed by atoms with van der Waals surface area (Å²) in [6.07, 6.45) is 2.89. The van der Waals surface area contributed by atoms with Crippen LogP contribution in [0.1, 0.15) is 23.2 Å². The molecule has 0 spiro atoms. The molecule has 3 rings (SSSR count). The van der Waals surface area contributed by atoms with Crippen LogP contribution >= 0.6 is 0 Å². The van der Waals surface area contributed by atoms with Crippen LogP contribution in [0.3, 0.4) is 0 Å². The summed E-state index contributed by atoms with van der Waals surface area (Å²) in [6.45, 7) is 0.628. The van der Waals surface area contributed by atoms with Crippen LogP contribution in [0.4, 0.5) is 17.2 Å². The maximum Gasteiger partial charge on any atom is 0.337 e. The van der Waals surface area contributed by atoms with Crippen molar-refractivity contribution < 1.29 is 19.1 Å². The lowest BCUT2D eigenvalue weighted by molar-refractivity contribution is -0.124. The van der Waals surface area contributed by atoms with Gasteiger partial charge in [0.15, 0.2) is 0 Å². The summed E-state index contributed by atoms with van der Waals surface area (Å²) in [4.78, 5) is 27.6. The predicted octanol–water partition coefficient (Wildman–Crippen LogP) is 2.73. The summed E-state index contributed by atoms with van der Waals surface area (Å²) >= 11 is 0. The average Bonchev–Trinajstić information content (AvgIpc) is 3.18. The van der Waals surface area contributed by atoms with E-state index >= 15 is 0 Å². The molecule has 2 aromatic rings. The van der Waals surface area contributed by atoms with E-state index < -0.39 is 0 Å². The number of anilines is 3. The third kappa shape index (κ3) is 4.33. The Kier molecular flexibility index (Phi) is 5.25. The number of carbonyl (C=O) groups is 2. The molecule has 1 fully saturated rings. The number of ether oxygens (including phenoxy) is 2. The van der Waals surface area contributed by atoms with Crippen molar-refractivity contribution in [3.05, 3.63) is 48.2 Å². The van der Waals surface area contributed by atoms with Gasteiger partial charge in [-0.1, -0.05) is 0 Å². The third-order valence-electron chi connectivity index (χ3n) is 3.83. The smallest absolute Gasteiger partial charge is 0.337 e. The van der Waals surface area contributed by atoms with E-state index in [4.69, 9.17) is 4.74 Å². The lowest BCUT2D eigenvalue weighted by Crippen LogP contribution is -2.27. The number of aromatic nitrogens is 1. The summed E-state index contributed by atoms with van der Waals surface area (Å²) in [5, 5.41) is 5.92. The zero-order valence-electron chi connectivity index (χ0n) is 13.8. The molecular formula is C18H19N3O4. The van der Waals surface area contributed by atoms with Gasteiger partial charge in [-0.3, -0.25) is 4.79 Å². The van der Waals surface area contributed by atoms with E-state index in [9.17, 15) is 9.59 Å². The molecule has 1 aliphatic heterocycles. The number of hydrogen-bond donors (Lipinski definition) is 2. The Balaban J connectivity index is 1.58. The van der Waals surface area contributed by atoms with Gasteiger partial charge in [0, 0.05) is 12.3 Å². The highest BCUT2D eigenvalue weighted by molar-refractivity contribution is 5.93. The highest BCUT2D eigenvalue weighted by atomic mass is 16.5. The van der Waals surface area contributed by atoms with Gasteiger partial charge < -0.3 is 20.1 Å². The van der Waals surface area contributed by atoms with Crippen molar-refractivity contribution in [3.63, 3.8) is 0 Å². The Morgan fingerprint density at radius 2 is 1.92 bits per heavy atom.